The van der Waals surface area contributed by atoms with Gasteiger partial charge in [0.25, 0.3) is 0 Å². The first-order chi connectivity index (χ1) is 9.17. The van der Waals surface area contributed by atoms with Gasteiger partial charge in [-0.1, -0.05) is 17.7 Å². The molecule has 0 bridgehead atoms. The zero-order valence-electron chi connectivity index (χ0n) is 11.7. The quantitative estimate of drug-likeness (QED) is 0.814. The highest BCUT2D eigenvalue weighted by Crippen LogP contribution is 2.33. The minimum atomic E-state index is -0.292. The van der Waals surface area contributed by atoms with Crippen LogP contribution in [-0.4, -0.2) is 30.0 Å². The van der Waals surface area contributed by atoms with E-state index in [-0.39, 0.29) is 11.8 Å². The summed E-state index contributed by atoms with van der Waals surface area (Å²) >= 11 is 0. The van der Waals surface area contributed by atoms with Gasteiger partial charge in [-0.3, -0.25) is 5.32 Å². The number of anilines is 1. The van der Waals surface area contributed by atoms with E-state index in [4.69, 9.17) is 0 Å². The van der Waals surface area contributed by atoms with Crippen molar-refractivity contribution in [3.05, 3.63) is 29.8 Å². The van der Waals surface area contributed by atoms with Gasteiger partial charge in [-0.15, -0.1) is 0 Å². The predicted molar refractivity (Wildman–Crippen MR) is 78.4 cm³/mol. The lowest BCUT2D eigenvalue weighted by Crippen LogP contribution is -2.58. The molecule has 2 aliphatic heterocycles. The summed E-state index contributed by atoms with van der Waals surface area (Å²) in [6, 6.07) is 8.80. The monoisotopic (exact) mass is 260 g/mol. The summed E-state index contributed by atoms with van der Waals surface area (Å²) in [6.07, 6.45) is 5.25. The predicted octanol–water partition coefficient (Wildman–Crippen LogP) is 2.43. The second kappa shape index (κ2) is 5.14. The van der Waals surface area contributed by atoms with Crippen LogP contribution < -0.4 is 10.2 Å². The first kappa shape index (κ1) is 12.9. The standard InChI is InChI=1S/C16H24N2O/c1-13-4-6-14(7-5-13)18-11-9-16(10-12-18)8-2-3-15(19)17-16/h4-7,15,17,19H,2-3,8-12H2,1H3. The zero-order valence-corrected chi connectivity index (χ0v) is 11.7. The molecule has 104 valence electrons. The smallest absolute Gasteiger partial charge is 0.105 e. The van der Waals surface area contributed by atoms with Crippen LogP contribution in [0, 0.1) is 6.92 Å². The Balaban J connectivity index is 1.64. The summed E-state index contributed by atoms with van der Waals surface area (Å²) in [6.45, 7) is 4.30. The minimum Gasteiger partial charge on any atom is -0.379 e. The van der Waals surface area contributed by atoms with E-state index in [1.807, 2.05) is 0 Å². The lowest BCUT2D eigenvalue weighted by molar-refractivity contribution is 0.0355. The zero-order chi connectivity index (χ0) is 13.3. The van der Waals surface area contributed by atoms with Crippen LogP contribution in [0.4, 0.5) is 5.69 Å². The van der Waals surface area contributed by atoms with Crippen molar-refractivity contribution >= 4 is 5.69 Å². The number of hydrogen-bond donors (Lipinski definition) is 2. The van der Waals surface area contributed by atoms with Gasteiger partial charge < -0.3 is 10.0 Å². The molecule has 19 heavy (non-hydrogen) atoms. The van der Waals surface area contributed by atoms with Gasteiger partial charge in [0.2, 0.25) is 0 Å². The molecule has 3 heteroatoms. The van der Waals surface area contributed by atoms with Gasteiger partial charge in [0, 0.05) is 24.3 Å². The maximum atomic E-state index is 9.82. The van der Waals surface area contributed by atoms with Crippen molar-refractivity contribution in [2.24, 2.45) is 0 Å². The van der Waals surface area contributed by atoms with Crippen molar-refractivity contribution in [3.8, 4) is 0 Å². The van der Waals surface area contributed by atoms with E-state index in [2.05, 4.69) is 41.4 Å². The molecule has 1 atom stereocenters. The van der Waals surface area contributed by atoms with Crippen molar-refractivity contribution in [1.82, 2.24) is 5.32 Å². The van der Waals surface area contributed by atoms with E-state index in [0.717, 1.165) is 38.8 Å². The molecule has 1 unspecified atom stereocenters. The van der Waals surface area contributed by atoms with Crippen molar-refractivity contribution in [1.29, 1.82) is 0 Å². The maximum absolute atomic E-state index is 9.82. The van der Waals surface area contributed by atoms with Gasteiger partial charge in [0.1, 0.15) is 6.23 Å². The molecule has 1 aromatic rings. The molecule has 2 aliphatic rings. The first-order valence-electron chi connectivity index (χ1n) is 7.44. The highest BCUT2D eigenvalue weighted by Gasteiger charge is 2.37. The third-order valence-electron chi connectivity index (χ3n) is 4.73. The first-order valence-corrected chi connectivity index (χ1v) is 7.44. The summed E-state index contributed by atoms with van der Waals surface area (Å²) in [5, 5.41) is 13.3. The number of nitrogens with zero attached hydrogens (tertiary/aromatic N) is 1. The fraction of sp³-hybridized carbons (Fsp3) is 0.625. The normalized spacial score (nSPS) is 26.6. The molecular weight excluding hydrogens is 236 g/mol. The van der Waals surface area contributed by atoms with E-state index in [1.54, 1.807) is 0 Å². The molecule has 3 rings (SSSR count). The van der Waals surface area contributed by atoms with Crippen LogP contribution >= 0.6 is 0 Å². The lowest BCUT2D eigenvalue weighted by atomic mass is 9.80. The number of aryl methyl sites for hydroxylation is 1. The number of piperidine rings is 2. The molecule has 2 N–H and O–H groups in total. The minimum absolute atomic E-state index is 0.193. The lowest BCUT2D eigenvalue weighted by Gasteiger charge is -2.47. The van der Waals surface area contributed by atoms with E-state index in [9.17, 15) is 5.11 Å². The molecule has 0 amide bonds. The van der Waals surface area contributed by atoms with Crippen LogP contribution in [0.2, 0.25) is 0 Å². The average Bonchev–Trinajstić information content (AvgIpc) is 2.41. The Labute approximate surface area is 115 Å². The molecule has 2 fully saturated rings. The Morgan fingerprint density at radius 3 is 2.47 bits per heavy atom. The molecule has 0 aromatic heterocycles. The van der Waals surface area contributed by atoms with Gasteiger partial charge >= 0.3 is 0 Å². The van der Waals surface area contributed by atoms with Crippen LogP contribution in [0.15, 0.2) is 24.3 Å². The van der Waals surface area contributed by atoms with E-state index >= 15 is 0 Å². The average molecular weight is 260 g/mol. The molecule has 3 nitrogen and oxygen atoms in total. The summed E-state index contributed by atoms with van der Waals surface area (Å²) < 4.78 is 0. The number of hydrogen-bond acceptors (Lipinski definition) is 3. The van der Waals surface area contributed by atoms with Gasteiger partial charge in [-0.25, -0.2) is 0 Å². The van der Waals surface area contributed by atoms with Gasteiger partial charge in [0.05, 0.1) is 0 Å². The Bertz CT molecular complexity index is 421. The number of rotatable bonds is 1. The van der Waals surface area contributed by atoms with E-state index in [1.165, 1.54) is 17.7 Å². The number of aliphatic hydroxyl groups is 1. The second-order valence-electron chi connectivity index (χ2n) is 6.16. The van der Waals surface area contributed by atoms with Gasteiger partial charge in [-0.2, -0.15) is 0 Å². The van der Waals surface area contributed by atoms with E-state index < -0.39 is 0 Å². The van der Waals surface area contributed by atoms with Crippen LogP contribution in [0.3, 0.4) is 0 Å². The van der Waals surface area contributed by atoms with Crippen molar-refractivity contribution in [3.63, 3.8) is 0 Å². The molecule has 0 saturated carbocycles. The number of aliphatic hydroxyl groups excluding tert-OH is 1. The summed E-state index contributed by atoms with van der Waals surface area (Å²) in [4.78, 5) is 2.47. The number of benzene rings is 1. The third kappa shape index (κ3) is 2.77. The second-order valence-corrected chi connectivity index (χ2v) is 6.16. The molecule has 2 saturated heterocycles. The van der Waals surface area contributed by atoms with Crippen LogP contribution in [0.5, 0.6) is 0 Å². The maximum Gasteiger partial charge on any atom is 0.105 e. The van der Waals surface area contributed by atoms with Crippen LogP contribution in [0.1, 0.15) is 37.7 Å². The fourth-order valence-electron chi connectivity index (χ4n) is 3.47. The van der Waals surface area contributed by atoms with Crippen LogP contribution in [-0.2, 0) is 0 Å². The molecule has 0 radical (unpaired) electrons. The Morgan fingerprint density at radius 2 is 1.84 bits per heavy atom. The SMILES string of the molecule is Cc1ccc(N2CCC3(CCCC(O)N3)CC2)cc1. The molecule has 1 spiro atoms. The van der Waals surface area contributed by atoms with Crippen molar-refractivity contribution in [2.75, 3.05) is 18.0 Å². The number of nitrogens with one attached hydrogen (secondary N) is 1. The van der Waals surface area contributed by atoms with E-state index in [0.29, 0.717) is 0 Å². The molecule has 0 aliphatic carbocycles. The Kier molecular flexibility index (Phi) is 3.50. The summed E-state index contributed by atoms with van der Waals surface area (Å²) in [7, 11) is 0. The molecular formula is C16H24N2O. The van der Waals surface area contributed by atoms with Crippen molar-refractivity contribution < 1.29 is 5.11 Å². The van der Waals surface area contributed by atoms with Gasteiger partial charge in [-0.05, 0) is 51.2 Å². The van der Waals surface area contributed by atoms with Crippen molar-refractivity contribution in [2.45, 2.75) is 50.8 Å². The molecule has 2 heterocycles. The topological polar surface area (TPSA) is 35.5 Å². The van der Waals surface area contributed by atoms with Gasteiger partial charge in [0.15, 0.2) is 0 Å². The summed E-state index contributed by atoms with van der Waals surface area (Å²) in [5.41, 5.74) is 2.84. The molecule has 1 aromatic carbocycles. The Hall–Kier alpha value is -1.06. The van der Waals surface area contributed by atoms with Crippen LogP contribution in [0.25, 0.3) is 0 Å². The Morgan fingerprint density at radius 1 is 1.16 bits per heavy atom. The fourth-order valence-corrected chi connectivity index (χ4v) is 3.47. The third-order valence-corrected chi connectivity index (χ3v) is 4.73. The largest absolute Gasteiger partial charge is 0.379 e. The highest BCUT2D eigenvalue weighted by molar-refractivity contribution is 5.48. The highest BCUT2D eigenvalue weighted by atomic mass is 16.3. The summed E-state index contributed by atoms with van der Waals surface area (Å²) in [5.74, 6) is 0.